The normalized spacial score (nSPS) is 11.7. The van der Waals surface area contributed by atoms with E-state index in [0.29, 0.717) is 20.6 Å². The fourth-order valence-electron chi connectivity index (χ4n) is 1.98. The van der Waals surface area contributed by atoms with E-state index in [4.69, 9.17) is 16.0 Å². The first kappa shape index (κ1) is 16.8. The first-order valence-electron chi connectivity index (χ1n) is 6.48. The van der Waals surface area contributed by atoms with Crippen molar-refractivity contribution in [1.82, 2.24) is 4.98 Å². The molecule has 0 unspecified atom stereocenters. The van der Waals surface area contributed by atoms with Crippen molar-refractivity contribution in [2.75, 3.05) is 5.32 Å². The number of hydrogen-bond acceptors (Lipinski definition) is 3. The van der Waals surface area contributed by atoms with Crippen molar-refractivity contribution in [1.29, 1.82) is 0 Å². The molecule has 2 aromatic carbocycles. The first-order valence-corrected chi connectivity index (χ1v) is 7.65. The van der Waals surface area contributed by atoms with Crippen LogP contribution in [0.4, 0.5) is 19.2 Å². The van der Waals surface area contributed by atoms with Crippen molar-refractivity contribution in [2.24, 2.45) is 0 Å². The highest BCUT2D eigenvalue weighted by Crippen LogP contribution is 2.31. The Morgan fingerprint density at radius 1 is 1.25 bits per heavy atom. The Hall–Kier alpha value is -2.06. The van der Waals surface area contributed by atoms with Crippen molar-refractivity contribution in [3.05, 3.63) is 57.0 Å². The average molecular weight is 420 g/mol. The maximum absolute atomic E-state index is 12.7. The fraction of sp³-hybridized carbons (Fsp3) is 0.0667. The molecular weight excluding hydrogens is 413 g/mol. The third-order valence-corrected chi connectivity index (χ3v) is 4.30. The summed E-state index contributed by atoms with van der Waals surface area (Å²) in [6.45, 7) is 0. The van der Waals surface area contributed by atoms with Gasteiger partial charge in [0.2, 0.25) is 0 Å². The molecule has 0 bridgehead atoms. The Morgan fingerprint density at radius 2 is 2.00 bits per heavy atom. The van der Waals surface area contributed by atoms with E-state index in [1.807, 2.05) is 0 Å². The summed E-state index contributed by atoms with van der Waals surface area (Å²) in [4.78, 5) is 16.1. The third kappa shape index (κ3) is 3.39. The minimum atomic E-state index is -4.53. The second kappa shape index (κ2) is 6.10. The molecule has 24 heavy (non-hydrogen) atoms. The molecule has 9 heteroatoms. The summed E-state index contributed by atoms with van der Waals surface area (Å²) < 4.78 is 44.0. The molecule has 0 spiro atoms. The van der Waals surface area contributed by atoms with Gasteiger partial charge in [-0.15, -0.1) is 0 Å². The van der Waals surface area contributed by atoms with Crippen LogP contribution in [0.25, 0.3) is 11.1 Å². The van der Waals surface area contributed by atoms with Gasteiger partial charge >= 0.3 is 12.2 Å². The van der Waals surface area contributed by atoms with Crippen LogP contribution in [-0.4, -0.2) is 10.9 Å². The van der Waals surface area contributed by atoms with Gasteiger partial charge in [-0.1, -0.05) is 17.7 Å². The number of benzene rings is 2. The molecule has 0 aliphatic rings. The van der Waals surface area contributed by atoms with E-state index in [1.54, 1.807) is 6.07 Å². The molecule has 0 fully saturated rings. The molecule has 0 saturated carbocycles. The van der Waals surface area contributed by atoms with E-state index >= 15 is 0 Å². The lowest BCUT2D eigenvalue weighted by atomic mass is 10.1. The lowest BCUT2D eigenvalue weighted by Crippen LogP contribution is -2.14. The number of oxazole rings is 1. The van der Waals surface area contributed by atoms with E-state index in [9.17, 15) is 18.0 Å². The smallest absolute Gasteiger partial charge is 0.416 e. The molecular formula is C15H7BrClF3N2O2. The van der Waals surface area contributed by atoms with Crippen LogP contribution in [0.3, 0.4) is 0 Å². The van der Waals surface area contributed by atoms with Crippen molar-refractivity contribution >= 4 is 50.6 Å². The second-order valence-electron chi connectivity index (χ2n) is 4.79. The van der Waals surface area contributed by atoms with E-state index in [0.717, 1.165) is 18.2 Å². The number of nitrogens with one attached hydrogen (secondary N) is 1. The van der Waals surface area contributed by atoms with Gasteiger partial charge in [0.15, 0.2) is 5.58 Å². The summed E-state index contributed by atoms with van der Waals surface area (Å²) in [6, 6.07) is 7.03. The van der Waals surface area contributed by atoms with Crippen LogP contribution in [0.15, 0.2) is 45.3 Å². The third-order valence-electron chi connectivity index (χ3n) is 3.10. The number of alkyl halides is 3. The van der Waals surface area contributed by atoms with Crippen LogP contribution in [0, 0.1) is 0 Å². The molecule has 3 aromatic rings. The van der Waals surface area contributed by atoms with Crippen LogP contribution in [0.5, 0.6) is 0 Å². The Labute approximate surface area is 146 Å². The quantitative estimate of drug-likeness (QED) is 0.595. The van der Waals surface area contributed by atoms with Gasteiger partial charge in [-0.05, 0) is 40.2 Å². The number of aromatic nitrogens is 1. The zero-order chi connectivity index (χ0) is 17.5. The number of nitrogens with zero attached hydrogens (tertiary/aromatic N) is 1. The summed E-state index contributed by atoms with van der Waals surface area (Å²) in [5.74, 6) is -0.766. The van der Waals surface area contributed by atoms with Crippen molar-refractivity contribution in [3.63, 3.8) is 0 Å². The van der Waals surface area contributed by atoms with E-state index in [1.165, 1.54) is 12.1 Å². The molecule has 3 rings (SSSR count). The highest BCUT2D eigenvalue weighted by Gasteiger charge is 2.31. The van der Waals surface area contributed by atoms with Gasteiger partial charge in [-0.2, -0.15) is 18.2 Å². The first-order chi connectivity index (χ1) is 11.2. The molecule has 0 aliphatic heterocycles. The van der Waals surface area contributed by atoms with Gasteiger partial charge in [0.25, 0.3) is 5.91 Å². The predicted octanol–water partition coefficient (Wildman–Crippen LogP) is 5.51. The number of carbonyl (C=O) groups is 1. The summed E-state index contributed by atoms with van der Waals surface area (Å²) >= 11 is 9.16. The second-order valence-corrected chi connectivity index (χ2v) is 6.05. The highest BCUT2D eigenvalue weighted by molar-refractivity contribution is 9.10. The van der Waals surface area contributed by atoms with Gasteiger partial charge in [0, 0.05) is 16.1 Å². The van der Waals surface area contributed by atoms with Crippen LogP contribution in [0.1, 0.15) is 15.9 Å². The maximum Gasteiger partial charge on any atom is 0.416 e. The van der Waals surface area contributed by atoms with Crippen molar-refractivity contribution in [3.8, 4) is 0 Å². The number of hydrogen-bond donors (Lipinski definition) is 1. The molecule has 4 nitrogen and oxygen atoms in total. The molecule has 1 heterocycles. The molecule has 0 aliphatic carbocycles. The van der Waals surface area contributed by atoms with Crippen molar-refractivity contribution in [2.45, 2.75) is 6.18 Å². The summed E-state index contributed by atoms with van der Waals surface area (Å²) in [6.07, 6.45) is -4.53. The van der Waals surface area contributed by atoms with Crippen LogP contribution in [-0.2, 0) is 6.18 Å². The fourth-order valence-corrected chi connectivity index (χ4v) is 2.47. The Balaban J connectivity index is 1.87. The minimum absolute atomic E-state index is 0.137. The monoisotopic (exact) mass is 418 g/mol. The van der Waals surface area contributed by atoms with E-state index < -0.39 is 17.6 Å². The number of fused-ring (bicyclic) bond motifs is 1. The molecule has 0 atom stereocenters. The molecule has 0 radical (unpaired) electrons. The van der Waals surface area contributed by atoms with Crippen LogP contribution < -0.4 is 5.32 Å². The van der Waals surface area contributed by atoms with E-state index in [2.05, 4.69) is 26.2 Å². The lowest BCUT2D eigenvalue weighted by Gasteiger charge is -2.07. The molecule has 1 amide bonds. The summed E-state index contributed by atoms with van der Waals surface area (Å²) in [5, 5.41) is 2.72. The zero-order valence-corrected chi connectivity index (χ0v) is 14.0. The molecule has 1 N–H and O–H groups in total. The molecule has 1 aromatic heterocycles. The number of amides is 1. The van der Waals surface area contributed by atoms with Crippen LogP contribution in [0.2, 0.25) is 5.02 Å². The Morgan fingerprint density at radius 3 is 2.71 bits per heavy atom. The standard InChI is InChI=1S/C15H7BrClF3N2O2/c16-9-5-11-12(6-10(9)17)24-14(21-11)22-13(23)7-2-1-3-8(4-7)15(18,19)20/h1-6H,(H,21,22,23). The lowest BCUT2D eigenvalue weighted by molar-refractivity contribution is -0.137. The average Bonchev–Trinajstić information content (AvgIpc) is 2.88. The summed E-state index contributed by atoms with van der Waals surface area (Å²) in [7, 11) is 0. The minimum Gasteiger partial charge on any atom is -0.423 e. The highest BCUT2D eigenvalue weighted by atomic mass is 79.9. The molecule has 0 saturated heterocycles. The Bertz CT molecular complexity index is 901. The number of rotatable bonds is 2. The van der Waals surface area contributed by atoms with Crippen LogP contribution >= 0.6 is 27.5 Å². The van der Waals surface area contributed by atoms with Gasteiger partial charge < -0.3 is 4.42 Å². The topological polar surface area (TPSA) is 55.1 Å². The maximum atomic E-state index is 12.7. The number of anilines is 1. The van der Waals surface area contributed by atoms with Crippen molar-refractivity contribution < 1.29 is 22.4 Å². The number of carbonyl (C=O) groups excluding carboxylic acids is 1. The summed E-state index contributed by atoms with van der Waals surface area (Å²) in [5.41, 5.74) is -0.303. The number of halogens is 5. The SMILES string of the molecule is O=C(Nc1nc2cc(Br)c(Cl)cc2o1)c1cccc(C(F)(F)F)c1. The Kier molecular flexibility index (Phi) is 4.27. The van der Waals surface area contributed by atoms with Gasteiger partial charge in [0.05, 0.1) is 10.6 Å². The largest absolute Gasteiger partial charge is 0.423 e. The van der Waals surface area contributed by atoms with Gasteiger partial charge in [-0.25, -0.2) is 0 Å². The van der Waals surface area contributed by atoms with Gasteiger partial charge in [-0.3, -0.25) is 10.1 Å². The van der Waals surface area contributed by atoms with E-state index in [-0.39, 0.29) is 11.6 Å². The predicted molar refractivity (Wildman–Crippen MR) is 86.1 cm³/mol. The molecule has 124 valence electrons. The van der Waals surface area contributed by atoms with Gasteiger partial charge in [0.1, 0.15) is 5.52 Å². The zero-order valence-electron chi connectivity index (χ0n) is 11.6.